The van der Waals surface area contributed by atoms with Crippen molar-refractivity contribution in [2.24, 2.45) is 17.8 Å². The van der Waals surface area contributed by atoms with Crippen molar-refractivity contribution in [1.29, 1.82) is 0 Å². The number of ether oxygens (including phenoxy) is 2. The van der Waals surface area contributed by atoms with Gasteiger partial charge >= 0.3 is 0 Å². The van der Waals surface area contributed by atoms with Crippen LogP contribution in [0.15, 0.2) is 36.5 Å². The number of carbonyl (C=O) groups is 1. The van der Waals surface area contributed by atoms with Crippen LogP contribution in [0.3, 0.4) is 0 Å². The SMILES string of the molecule is O=C(c1ccnc2ccccc12)N1C[C@H]2[C@@H](CCOCC3CC3)CO[C@H]2C1. The molecule has 27 heavy (non-hydrogen) atoms. The standard InChI is InChI=1S/C22H26N2O3/c25-22(18-7-9-23-20-4-2-1-3-17(18)20)24-11-19-16(14-27-21(19)12-24)8-10-26-13-15-5-6-15/h1-4,7,9,15-16,19,21H,5-6,8,10-14H2/t16-,19-,21-/m0/s1. The highest BCUT2D eigenvalue weighted by atomic mass is 16.5. The molecule has 0 spiro atoms. The van der Waals surface area contributed by atoms with E-state index in [-0.39, 0.29) is 12.0 Å². The first kappa shape index (κ1) is 17.1. The average molecular weight is 366 g/mol. The Bertz CT molecular complexity index is 830. The van der Waals surface area contributed by atoms with Crippen molar-refractivity contribution in [2.75, 3.05) is 32.9 Å². The van der Waals surface area contributed by atoms with Crippen LogP contribution in [0, 0.1) is 17.8 Å². The Kier molecular flexibility index (Phi) is 4.58. The van der Waals surface area contributed by atoms with Gasteiger partial charge in [-0.15, -0.1) is 0 Å². The molecule has 1 saturated carbocycles. The number of likely N-dealkylation sites (tertiary alicyclic amines) is 1. The minimum Gasteiger partial charge on any atom is -0.381 e. The van der Waals surface area contributed by atoms with Crippen molar-refractivity contribution < 1.29 is 14.3 Å². The number of carbonyl (C=O) groups excluding carboxylic acids is 1. The van der Waals surface area contributed by atoms with Crippen LogP contribution >= 0.6 is 0 Å². The number of amides is 1. The zero-order chi connectivity index (χ0) is 18.2. The molecule has 3 aliphatic rings. The number of nitrogens with zero attached hydrogens (tertiary/aromatic N) is 2. The number of benzene rings is 1. The summed E-state index contributed by atoms with van der Waals surface area (Å²) in [4.78, 5) is 19.5. The van der Waals surface area contributed by atoms with Crippen LogP contribution in [-0.4, -0.2) is 54.8 Å². The molecule has 0 N–H and O–H groups in total. The topological polar surface area (TPSA) is 51.7 Å². The van der Waals surface area contributed by atoms with Crippen LogP contribution in [0.25, 0.3) is 10.9 Å². The lowest BCUT2D eigenvalue weighted by atomic mass is 9.91. The monoisotopic (exact) mass is 366 g/mol. The molecule has 142 valence electrons. The van der Waals surface area contributed by atoms with E-state index in [0.717, 1.165) is 55.2 Å². The zero-order valence-electron chi connectivity index (χ0n) is 15.5. The van der Waals surface area contributed by atoms with Crippen molar-refractivity contribution in [3.8, 4) is 0 Å². The van der Waals surface area contributed by atoms with Crippen LogP contribution in [0.4, 0.5) is 0 Å². The number of rotatable bonds is 6. The molecule has 3 atom stereocenters. The van der Waals surface area contributed by atoms with Gasteiger partial charge in [0.2, 0.25) is 0 Å². The summed E-state index contributed by atoms with van der Waals surface area (Å²) >= 11 is 0. The third-order valence-corrected chi connectivity index (χ3v) is 6.29. The molecule has 0 bridgehead atoms. The molecule has 2 aromatic rings. The molecule has 3 fully saturated rings. The van der Waals surface area contributed by atoms with E-state index in [1.54, 1.807) is 6.20 Å². The number of para-hydroxylation sites is 1. The summed E-state index contributed by atoms with van der Waals surface area (Å²) in [5, 5.41) is 0.924. The minimum absolute atomic E-state index is 0.0929. The highest BCUT2D eigenvalue weighted by Crippen LogP contribution is 2.36. The smallest absolute Gasteiger partial charge is 0.254 e. The fraction of sp³-hybridized carbons (Fsp3) is 0.545. The molecule has 5 heteroatoms. The van der Waals surface area contributed by atoms with Crippen LogP contribution in [0.5, 0.6) is 0 Å². The maximum atomic E-state index is 13.2. The van der Waals surface area contributed by atoms with Gasteiger partial charge in [-0.05, 0) is 43.2 Å². The fourth-order valence-electron chi connectivity index (χ4n) is 4.48. The third-order valence-electron chi connectivity index (χ3n) is 6.29. The van der Waals surface area contributed by atoms with E-state index in [9.17, 15) is 4.79 Å². The molecule has 3 heterocycles. The second kappa shape index (κ2) is 7.21. The minimum atomic E-state index is 0.0929. The molecule has 2 aliphatic heterocycles. The first-order valence-electron chi connectivity index (χ1n) is 10.1. The molecule has 1 aromatic heterocycles. The van der Waals surface area contributed by atoms with E-state index in [4.69, 9.17) is 9.47 Å². The van der Waals surface area contributed by atoms with Gasteiger partial charge < -0.3 is 14.4 Å². The largest absolute Gasteiger partial charge is 0.381 e. The number of pyridine rings is 1. The van der Waals surface area contributed by atoms with Gasteiger partial charge in [0.1, 0.15) is 0 Å². The normalized spacial score (nSPS) is 27.3. The van der Waals surface area contributed by atoms with Crippen LogP contribution < -0.4 is 0 Å². The summed E-state index contributed by atoms with van der Waals surface area (Å²) in [6.07, 6.45) is 5.60. The number of fused-ring (bicyclic) bond motifs is 2. The predicted octanol–water partition coefficient (Wildman–Crippen LogP) is 3.14. The number of aromatic nitrogens is 1. The summed E-state index contributed by atoms with van der Waals surface area (Å²) < 4.78 is 11.8. The summed E-state index contributed by atoms with van der Waals surface area (Å²) in [5.41, 5.74) is 1.61. The van der Waals surface area contributed by atoms with Crippen LogP contribution in [0.1, 0.15) is 29.6 Å². The van der Waals surface area contributed by atoms with Crippen molar-refractivity contribution >= 4 is 16.8 Å². The van der Waals surface area contributed by atoms with E-state index >= 15 is 0 Å². The summed E-state index contributed by atoms with van der Waals surface area (Å²) in [5.74, 6) is 1.84. The number of hydrogen-bond donors (Lipinski definition) is 0. The molecule has 1 aromatic carbocycles. The van der Waals surface area contributed by atoms with Gasteiger partial charge in [-0.3, -0.25) is 9.78 Å². The third kappa shape index (κ3) is 3.46. The Balaban J connectivity index is 1.24. The molecule has 1 aliphatic carbocycles. The molecular weight excluding hydrogens is 340 g/mol. The fourth-order valence-corrected chi connectivity index (χ4v) is 4.48. The molecule has 0 unspecified atom stereocenters. The van der Waals surface area contributed by atoms with Gasteiger partial charge in [0.05, 0.1) is 23.8 Å². The maximum Gasteiger partial charge on any atom is 0.254 e. The first-order chi connectivity index (χ1) is 13.3. The van der Waals surface area contributed by atoms with E-state index in [0.29, 0.717) is 18.4 Å². The Labute approximate surface area is 159 Å². The zero-order valence-corrected chi connectivity index (χ0v) is 15.5. The lowest BCUT2D eigenvalue weighted by molar-refractivity contribution is 0.0653. The Morgan fingerprint density at radius 3 is 3.00 bits per heavy atom. The lowest BCUT2D eigenvalue weighted by Gasteiger charge is -2.20. The molecular formula is C22H26N2O3. The van der Waals surface area contributed by atoms with E-state index in [2.05, 4.69) is 4.98 Å². The molecule has 5 nitrogen and oxygen atoms in total. The molecule has 0 radical (unpaired) electrons. The van der Waals surface area contributed by atoms with Gasteiger partial charge in [0.25, 0.3) is 5.91 Å². The lowest BCUT2D eigenvalue weighted by Crippen LogP contribution is -2.31. The predicted molar refractivity (Wildman–Crippen MR) is 103 cm³/mol. The van der Waals surface area contributed by atoms with Crippen molar-refractivity contribution in [2.45, 2.75) is 25.4 Å². The molecule has 1 amide bonds. The Morgan fingerprint density at radius 2 is 2.11 bits per heavy atom. The van der Waals surface area contributed by atoms with Crippen molar-refractivity contribution in [3.63, 3.8) is 0 Å². The van der Waals surface area contributed by atoms with Gasteiger partial charge in [0.15, 0.2) is 0 Å². The summed E-state index contributed by atoms with van der Waals surface area (Å²) in [7, 11) is 0. The first-order valence-corrected chi connectivity index (χ1v) is 10.1. The van der Waals surface area contributed by atoms with Crippen LogP contribution in [0.2, 0.25) is 0 Å². The maximum absolute atomic E-state index is 13.2. The second-order valence-corrected chi connectivity index (χ2v) is 8.19. The van der Waals surface area contributed by atoms with E-state index in [1.165, 1.54) is 12.8 Å². The average Bonchev–Trinajstić information content (AvgIpc) is 3.31. The van der Waals surface area contributed by atoms with E-state index < -0.39 is 0 Å². The highest BCUT2D eigenvalue weighted by molar-refractivity contribution is 6.06. The number of hydrogen-bond acceptors (Lipinski definition) is 4. The van der Waals surface area contributed by atoms with Gasteiger partial charge in [0, 0.05) is 43.8 Å². The molecule has 5 rings (SSSR count). The van der Waals surface area contributed by atoms with Crippen molar-refractivity contribution in [1.82, 2.24) is 9.88 Å². The van der Waals surface area contributed by atoms with Crippen molar-refractivity contribution in [3.05, 3.63) is 42.1 Å². The quantitative estimate of drug-likeness (QED) is 0.737. The highest BCUT2D eigenvalue weighted by Gasteiger charge is 2.45. The van der Waals surface area contributed by atoms with Gasteiger partial charge in [-0.2, -0.15) is 0 Å². The molecule has 2 saturated heterocycles. The van der Waals surface area contributed by atoms with Gasteiger partial charge in [-0.25, -0.2) is 0 Å². The summed E-state index contributed by atoms with van der Waals surface area (Å²) in [6, 6.07) is 9.67. The Morgan fingerprint density at radius 1 is 1.22 bits per heavy atom. The van der Waals surface area contributed by atoms with Crippen LogP contribution in [-0.2, 0) is 9.47 Å². The second-order valence-electron chi connectivity index (χ2n) is 8.19. The van der Waals surface area contributed by atoms with E-state index in [1.807, 2.05) is 35.2 Å². The summed E-state index contributed by atoms with van der Waals surface area (Å²) in [6.45, 7) is 4.02. The van der Waals surface area contributed by atoms with Gasteiger partial charge in [-0.1, -0.05) is 18.2 Å². The Hall–Kier alpha value is -1.98.